The molecule has 0 fully saturated rings. The molecule has 0 spiro atoms. The molecule has 2 aromatic heterocycles. The van der Waals surface area contributed by atoms with E-state index in [2.05, 4.69) is 20.6 Å². The Morgan fingerprint density at radius 1 is 1.10 bits per heavy atom. The Balaban J connectivity index is 1.80. The summed E-state index contributed by atoms with van der Waals surface area (Å²) < 4.78 is 5.88. The van der Waals surface area contributed by atoms with Crippen molar-refractivity contribution < 1.29 is 4.63 Å². The van der Waals surface area contributed by atoms with Crippen molar-refractivity contribution >= 4 is 49.6 Å². The van der Waals surface area contributed by atoms with Crippen LogP contribution in [0.3, 0.4) is 0 Å². The van der Waals surface area contributed by atoms with Crippen molar-refractivity contribution in [3.05, 3.63) is 35.8 Å². The van der Waals surface area contributed by atoms with E-state index in [4.69, 9.17) is 10.4 Å². The Morgan fingerprint density at radius 3 is 2.95 bits per heavy atom. The summed E-state index contributed by atoms with van der Waals surface area (Å²) in [6.07, 6.45) is 0. The average molecular weight is 283 g/mol. The lowest BCUT2D eigenvalue weighted by atomic mass is 10.2. The third-order valence-electron chi connectivity index (χ3n) is 3.06. The highest BCUT2D eigenvalue weighted by atomic mass is 32.1. The number of fused-ring (bicyclic) bond motifs is 2. The van der Waals surface area contributed by atoms with E-state index in [0.717, 1.165) is 21.6 Å². The zero-order valence-electron chi connectivity index (χ0n) is 10.2. The van der Waals surface area contributed by atoms with E-state index in [1.807, 2.05) is 29.8 Å². The first kappa shape index (κ1) is 11.2. The van der Waals surface area contributed by atoms with Gasteiger partial charge in [-0.3, -0.25) is 0 Å². The van der Waals surface area contributed by atoms with Gasteiger partial charge in [-0.1, -0.05) is 0 Å². The van der Waals surface area contributed by atoms with Gasteiger partial charge in [-0.05, 0) is 40.6 Å². The zero-order chi connectivity index (χ0) is 13.5. The number of thiazole rings is 1. The molecule has 0 atom stereocenters. The Bertz CT molecular complexity index is 913. The lowest BCUT2D eigenvalue weighted by Gasteiger charge is -2.06. The summed E-state index contributed by atoms with van der Waals surface area (Å²) in [6.45, 7) is 0. The van der Waals surface area contributed by atoms with Gasteiger partial charge >= 0.3 is 0 Å². The number of rotatable bonds is 2. The fraction of sp³-hybridized carbons (Fsp3) is 0. The number of hydrogen-bond acceptors (Lipinski definition) is 7. The summed E-state index contributed by atoms with van der Waals surface area (Å²) in [5.41, 5.74) is 12.1. The van der Waals surface area contributed by atoms with Gasteiger partial charge < -0.3 is 11.1 Å². The van der Waals surface area contributed by atoms with Crippen LogP contribution in [0.25, 0.3) is 21.3 Å². The van der Waals surface area contributed by atoms with Crippen molar-refractivity contribution in [1.29, 1.82) is 0 Å². The van der Waals surface area contributed by atoms with Crippen LogP contribution in [0, 0.1) is 0 Å². The van der Waals surface area contributed by atoms with Crippen molar-refractivity contribution in [2.45, 2.75) is 0 Å². The lowest BCUT2D eigenvalue weighted by molar-refractivity contribution is 0.316. The number of nitrogens with one attached hydrogen (secondary N) is 1. The molecule has 0 aliphatic rings. The van der Waals surface area contributed by atoms with Crippen LogP contribution in [0.2, 0.25) is 0 Å². The normalized spacial score (nSPS) is 11.2. The monoisotopic (exact) mass is 283 g/mol. The van der Waals surface area contributed by atoms with E-state index in [0.29, 0.717) is 16.7 Å². The minimum Gasteiger partial charge on any atom is -0.397 e. The predicted molar refractivity (Wildman–Crippen MR) is 79.1 cm³/mol. The maximum absolute atomic E-state index is 5.83. The minimum atomic E-state index is 0.546. The van der Waals surface area contributed by atoms with Crippen LogP contribution in [0.1, 0.15) is 0 Å². The molecule has 0 aliphatic heterocycles. The number of nitrogens with two attached hydrogens (primary N) is 1. The summed E-state index contributed by atoms with van der Waals surface area (Å²) in [6, 6.07) is 9.63. The largest absolute Gasteiger partial charge is 0.397 e. The molecule has 2 aromatic carbocycles. The Hall–Kier alpha value is -2.67. The van der Waals surface area contributed by atoms with Gasteiger partial charge in [0.15, 0.2) is 11.0 Å². The van der Waals surface area contributed by atoms with Crippen molar-refractivity contribution in [1.82, 2.24) is 15.3 Å². The lowest BCUT2D eigenvalue weighted by Crippen LogP contribution is -1.93. The third-order valence-corrected chi connectivity index (χ3v) is 3.85. The van der Waals surface area contributed by atoms with Crippen molar-refractivity contribution in [3.63, 3.8) is 0 Å². The van der Waals surface area contributed by atoms with E-state index in [1.54, 1.807) is 17.4 Å². The van der Waals surface area contributed by atoms with E-state index < -0.39 is 0 Å². The maximum Gasteiger partial charge on any atom is 0.160 e. The van der Waals surface area contributed by atoms with Crippen molar-refractivity contribution in [2.75, 3.05) is 11.1 Å². The molecular formula is C13H9N5OS. The molecule has 0 saturated heterocycles. The fourth-order valence-electron chi connectivity index (χ4n) is 2.07. The summed E-state index contributed by atoms with van der Waals surface area (Å²) in [5.74, 6) is 0. The molecule has 0 aliphatic carbocycles. The average Bonchev–Trinajstić information content (AvgIpc) is 3.10. The van der Waals surface area contributed by atoms with Gasteiger partial charge in [-0.15, -0.1) is 11.3 Å². The maximum atomic E-state index is 5.83. The Kier molecular flexibility index (Phi) is 2.33. The van der Waals surface area contributed by atoms with Gasteiger partial charge in [0.05, 0.1) is 27.1 Å². The van der Waals surface area contributed by atoms with E-state index in [1.165, 1.54) is 0 Å². The summed E-state index contributed by atoms with van der Waals surface area (Å²) >= 11 is 1.60. The molecule has 0 amide bonds. The van der Waals surface area contributed by atoms with Gasteiger partial charge in [0.1, 0.15) is 0 Å². The Morgan fingerprint density at radius 2 is 2.00 bits per heavy atom. The number of aromatic nitrogens is 3. The molecule has 0 unspecified atom stereocenters. The second-order valence-electron chi connectivity index (χ2n) is 4.32. The molecule has 0 bridgehead atoms. The van der Waals surface area contributed by atoms with Crippen LogP contribution in [0.5, 0.6) is 0 Å². The molecule has 3 N–H and O–H groups in total. The van der Waals surface area contributed by atoms with E-state index in [9.17, 15) is 0 Å². The van der Waals surface area contributed by atoms with Gasteiger partial charge in [0, 0.05) is 5.69 Å². The number of nitrogens with zero attached hydrogens (tertiary/aromatic N) is 3. The van der Waals surface area contributed by atoms with Crippen molar-refractivity contribution in [3.8, 4) is 0 Å². The van der Waals surface area contributed by atoms with Gasteiger partial charge in [-0.2, -0.15) is 0 Å². The second kappa shape index (κ2) is 4.17. The summed E-state index contributed by atoms with van der Waals surface area (Å²) in [7, 11) is 0. The van der Waals surface area contributed by atoms with E-state index >= 15 is 0 Å². The van der Waals surface area contributed by atoms with Gasteiger partial charge in [-0.25, -0.2) is 9.61 Å². The molecule has 98 valence electrons. The fourth-order valence-corrected chi connectivity index (χ4v) is 2.79. The highest BCUT2D eigenvalue weighted by Crippen LogP contribution is 2.29. The molecule has 7 heteroatoms. The van der Waals surface area contributed by atoms with Crippen LogP contribution >= 0.6 is 11.3 Å². The van der Waals surface area contributed by atoms with Crippen LogP contribution in [0.15, 0.2) is 40.5 Å². The second-order valence-corrected chi connectivity index (χ2v) is 5.21. The molecule has 2 heterocycles. The van der Waals surface area contributed by atoms with Crippen molar-refractivity contribution in [2.24, 2.45) is 0 Å². The number of nitrogen functional groups attached to an aromatic ring is 1. The quantitative estimate of drug-likeness (QED) is 0.549. The molecule has 0 saturated carbocycles. The molecule has 20 heavy (non-hydrogen) atoms. The van der Waals surface area contributed by atoms with Crippen LogP contribution < -0.4 is 11.1 Å². The molecule has 6 nitrogen and oxygen atoms in total. The topological polar surface area (TPSA) is 89.9 Å². The van der Waals surface area contributed by atoms with E-state index in [-0.39, 0.29) is 0 Å². The smallest absolute Gasteiger partial charge is 0.160 e. The first-order chi connectivity index (χ1) is 9.81. The van der Waals surface area contributed by atoms with Gasteiger partial charge in [0.25, 0.3) is 0 Å². The minimum absolute atomic E-state index is 0.546. The molecule has 4 aromatic rings. The Labute approximate surface area is 117 Å². The highest BCUT2D eigenvalue weighted by molar-refractivity contribution is 7.16. The first-order valence-corrected chi connectivity index (χ1v) is 6.80. The molecular weight excluding hydrogens is 274 g/mol. The summed E-state index contributed by atoms with van der Waals surface area (Å²) in [4.78, 5) is 4.26. The SMILES string of the molecule is Nc1ccc(Nc2ccc3ncsc3c2)c2nonc12. The van der Waals surface area contributed by atoms with Crippen LogP contribution in [0.4, 0.5) is 17.1 Å². The summed E-state index contributed by atoms with van der Waals surface area (Å²) in [5, 5.41) is 11.0. The van der Waals surface area contributed by atoms with Crippen LogP contribution in [-0.2, 0) is 0 Å². The third kappa shape index (κ3) is 1.68. The number of anilines is 3. The highest BCUT2D eigenvalue weighted by Gasteiger charge is 2.10. The predicted octanol–water partition coefficient (Wildman–Crippen LogP) is 3.16. The molecule has 0 radical (unpaired) electrons. The standard InChI is InChI=1S/C13H9N5OS/c14-8-2-4-10(13-12(8)17-19-18-13)16-7-1-3-9-11(5-7)20-6-15-9/h1-6,16H,14H2. The number of benzene rings is 2. The van der Waals surface area contributed by atoms with Gasteiger partial charge in [0.2, 0.25) is 0 Å². The van der Waals surface area contributed by atoms with Crippen LogP contribution in [-0.4, -0.2) is 15.3 Å². The first-order valence-electron chi connectivity index (χ1n) is 5.92. The number of hydrogen-bond donors (Lipinski definition) is 2. The molecule has 4 rings (SSSR count). The zero-order valence-corrected chi connectivity index (χ0v) is 11.0.